The van der Waals surface area contributed by atoms with E-state index in [0.717, 1.165) is 24.8 Å². The first kappa shape index (κ1) is 14.1. The van der Waals surface area contributed by atoms with Crippen LogP contribution in [0.25, 0.3) is 0 Å². The van der Waals surface area contributed by atoms with Crippen molar-refractivity contribution in [3.05, 3.63) is 12.3 Å². The molecule has 1 fully saturated rings. The summed E-state index contributed by atoms with van der Waals surface area (Å²) in [6.07, 6.45) is 8.09. The molecule has 1 aromatic heterocycles. The van der Waals surface area contributed by atoms with Crippen molar-refractivity contribution >= 4 is 5.95 Å². The summed E-state index contributed by atoms with van der Waals surface area (Å²) in [5.41, 5.74) is 0. The third-order valence-electron chi connectivity index (χ3n) is 3.77. The molecule has 1 N–H and O–H groups in total. The molecule has 0 unspecified atom stereocenters. The van der Waals surface area contributed by atoms with Crippen LogP contribution in [0, 0.1) is 11.8 Å². The van der Waals surface area contributed by atoms with E-state index < -0.39 is 0 Å². The van der Waals surface area contributed by atoms with Crippen molar-refractivity contribution in [2.75, 3.05) is 18.5 Å². The van der Waals surface area contributed by atoms with Crippen molar-refractivity contribution in [3.63, 3.8) is 0 Å². The first-order valence-electron chi connectivity index (χ1n) is 7.47. The van der Waals surface area contributed by atoms with E-state index in [-0.39, 0.29) is 0 Å². The van der Waals surface area contributed by atoms with E-state index in [1.54, 1.807) is 6.20 Å². The van der Waals surface area contributed by atoms with Crippen LogP contribution in [0.1, 0.15) is 46.0 Å². The van der Waals surface area contributed by atoms with E-state index in [0.29, 0.717) is 18.4 Å². The number of aromatic nitrogens is 2. The molecule has 19 heavy (non-hydrogen) atoms. The molecule has 1 aliphatic carbocycles. The highest BCUT2D eigenvalue weighted by Crippen LogP contribution is 2.28. The molecule has 1 aromatic rings. The van der Waals surface area contributed by atoms with Crippen molar-refractivity contribution in [2.24, 2.45) is 11.8 Å². The van der Waals surface area contributed by atoms with Gasteiger partial charge in [-0.25, -0.2) is 4.98 Å². The van der Waals surface area contributed by atoms with Crippen LogP contribution < -0.4 is 10.1 Å². The highest BCUT2D eigenvalue weighted by Gasteiger charge is 2.18. The summed E-state index contributed by atoms with van der Waals surface area (Å²) in [6.45, 7) is 6.12. The fraction of sp³-hybridized carbons (Fsp3) is 0.733. The Bertz CT molecular complexity index is 375. The zero-order valence-corrected chi connectivity index (χ0v) is 12.1. The summed E-state index contributed by atoms with van der Waals surface area (Å²) in [6, 6.07) is 1.81. The summed E-state index contributed by atoms with van der Waals surface area (Å²) in [5, 5.41) is 3.34. The van der Waals surface area contributed by atoms with E-state index in [1.165, 1.54) is 25.7 Å². The van der Waals surface area contributed by atoms with Gasteiger partial charge in [0.25, 0.3) is 0 Å². The second-order valence-corrected chi connectivity index (χ2v) is 5.57. The second-order valence-electron chi connectivity index (χ2n) is 5.57. The fourth-order valence-corrected chi connectivity index (χ4v) is 2.48. The molecule has 0 amide bonds. The molecule has 0 saturated heterocycles. The number of hydrogen-bond acceptors (Lipinski definition) is 4. The number of ether oxygens (including phenoxy) is 1. The molecule has 0 aromatic carbocycles. The lowest BCUT2D eigenvalue weighted by atomic mass is 9.83. The zero-order chi connectivity index (χ0) is 13.5. The van der Waals surface area contributed by atoms with Gasteiger partial charge >= 0.3 is 0 Å². The van der Waals surface area contributed by atoms with Crippen LogP contribution in [0.15, 0.2) is 12.3 Å². The van der Waals surface area contributed by atoms with Gasteiger partial charge < -0.3 is 10.1 Å². The third kappa shape index (κ3) is 4.69. The predicted molar refractivity (Wildman–Crippen MR) is 77.4 cm³/mol. The van der Waals surface area contributed by atoms with Crippen LogP contribution in [0.4, 0.5) is 5.95 Å². The van der Waals surface area contributed by atoms with Crippen molar-refractivity contribution in [2.45, 2.75) is 46.0 Å². The van der Waals surface area contributed by atoms with Gasteiger partial charge in [0.1, 0.15) is 0 Å². The lowest BCUT2D eigenvalue weighted by Gasteiger charge is -2.26. The predicted octanol–water partition coefficient (Wildman–Crippen LogP) is 3.50. The fourth-order valence-electron chi connectivity index (χ4n) is 2.48. The molecule has 4 heteroatoms. The number of nitrogens with zero attached hydrogens (tertiary/aromatic N) is 2. The molecule has 0 bridgehead atoms. The number of anilines is 1. The van der Waals surface area contributed by atoms with Crippen LogP contribution in [-0.2, 0) is 0 Å². The summed E-state index contributed by atoms with van der Waals surface area (Å²) in [7, 11) is 0. The van der Waals surface area contributed by atoms with Crippen LogP contribution in [0.5, 0.6) is 5.88 Å². The van der Waals surface area contributed by atoms with Gasteiger partial charge in [-0.15, -0.1) is 0 Å². The summed E-state index contributed by atoms with van der Waals surface area (Å²) < 4.78 is 5.51. The van der Waals surface area contributed by atoms with Crippen LogP contribution in [-0.4, -0.2) is 23.1 Å². The van der Waals surface area contributed by atoms with E-state index >= 15 is 0 Å². The minimum atomic E-state index is 0.664. The first-order valence-corrected chi connectivity index (χ1v) is 7.47. The Hall–Kier alpha value is -1.32. The Morgan fingerprint density at radius 2 is 2.11 bits per heavy atom. The van der Waals surface area contributed by atoms with Gasteiger partial charge in [0.2, 0.25) is 11.8 Å². The molecule has 0 spiro atoms. The average Bonchev–Trinajstić information content (AvgIpc) is 2.45. The Kier molecular flexibility index (Phi) is 5.43. The topological polar surface area (TPSA) is 47.0 Å². The molecule has 1 aliphatic rings. The highest BCUT2D eigenvalue weighted by atomic mass is 16.5. The highest BCUT2D eigenvalue weighted by molar-refractivity contribution is 5.27. The van der Waals surface area contributed by atoms with Gasteiger partial charge in [0.05, 0.1) is 6.61 Å². The summed E-state index contributed by atoms with van der Waals surface area (Å²) in [4.78, 5) is 8.61. The van der Waals surface area contributed by atoms with Crippen LogP contribution in [0.2, 0.25) is 0 Å². The van der Waals surface area contributed by atoms with Gasteiger partial charge in [-0.1, -0.05) is 26.7 Å². The maximum Gasteiger partial charge on any atom is 0.225 e. The van der Waals surface area contributed by atoms with Crippen molar-refractivity contribution < 1.29 is 4.74 Å². The van der Waals surface area contributed by atoms with E-state index in [4.69, 9.17) is 4.74 Å². The van der Waals surface area contributed by atoms with Crippen molar-refractivity contribution in [1.29, 1.82) is 0 Å². The molecular formula is C15H25N3O. The average molecular weight is 263 g/mol. The molecule has 0 radical (unpaired) electrons. The number of nitrogens with one attached hydrogen (secondary N) is 1. The monoisotopic (exact) mass is 263 g/mol. The lowest BCUT2D eigenvalue weighted by molar-refractivity contribution is 0.298. The quantitative estimate of drug-likeness (QED) is 0.853. The Balaban J connectivity index is 1.78. The lowest BCUT2D eigenvalue weighted by Crippen LogP contribution is -2.21. The SMILES string of the molecule is CCCOc1ccnc(NCC2CCC(C)CC2)n1. The zero-order valence-electron chi connectivity index (χ0n) is 12.1. The maximum atomic E-state index is 5.51. The molecule has 1 heterocycles. The molecule has 106 valence electrons. The van der Waals surface area contributed by atoms with Gasteiger partial charge in [-0.2, -0.15) is 4.98 Å². The van der Waals surface area contributed by atoms with Gasteiger partial charge in [-0.05, 0) is 31.1 Å². The third-order valence-corrected chi connectivity index (χ3v) is 3.77. The van der Waals surface area contributed by atoms with Gasteiger partial charge in [0, 0.05) is 18.8 Å². The smallest absolute Gasteiger partial charge is 0.225 e. The minimum absolute atomic E-state index is 0.664. The summed E-state index contributed by atoms with van der Waals surface area (Å²) in [5.74, 6) is 3.02. The Morgan fingerprint density at radius 1 is 1.32 bits per heavy atom. The standard InChI is InChI=1S/C15H25N3O/c1-3-10-19-14-8-9-16-15(18-14)17-11-13-6-4-12(2)5-7-13/h8-9,12-13H,3-7,10-11H2,1-2H3,(H,16,17,18). The van der Waals surface area contributed by atoms with E-state index in [9.17, 15) is 0 Å². The van der Waals surface area contributed by atoms with Gasteiger partial charge in [0.15, 0.2) is 0 Å². The molecule has 2 rings (SSSR count). The summed E-state index contributed by atoms with van der Waals surface area (Å²) >= 11 is 0. The largest absolute Gasteiger partial charge is 0.478 e. The second kappa shape index (κ2) is 7.31. The van der Waals surface area contributed by atoms with Crippen LogP contribution in [0.3, 0.4) is 0 Å². The molecule has 1 saturated carbocycles. The molecule has 0 aliphatic heterocycles. The minimum Gasteiger partial charge on any atom is -0.478 e. The molecular weight excluding hydrogens is 238 g/mol. The normalized spacial score (nSPS) is 23.1. The molecule has 4 nitrogen and oxygen atoms in total. The number of rotatable bonds is 6. The Morgan fingerprint density at radius 3 is 2.84 bits per heavy atom. The first-order chi connectivity index (χ1) is 9.28. The van der Waals surface area contributed by atoms with Crippen molar-refractivity contribution in [1.82, 2.24) is 9.97 Å². The Labute approximate surface area is 116 Å². The maximum absolute atomic E-state index is 5.51. The van der Waals surface area contributed by atoms with Crippen molar-refractivity contribution in [3.8, 4) is 5.88 Å². The molecule has 0 atom stereocenters. The number of hydrogen-bond donors (Lipinski definition) is 1. The van der Waals surface area contributed by atoms with Crippen LogP contribution >= 0.6 is 0 Å². The van der Waals surface area contributed by atoms with E-state index in [2.05, 4.69) is 29.1 Å². The van der Waals surface area contributed by atoms with Gasteiger partial charge in [-0.3, -0.25) is 0 Å². The van der Waals surface area contributed by atoms with E-state index in [1.807, 2.05) is 6.07 Å².